The van der Waals surface area contributed by atoms with Gasteiger partial charge >= 0.3 is 0 Å². The Bertz CT molecular complexity index is 354. The van der Waals surface area contributed by atoms with Crippen molar-refractivity contribution < 1.29 is 9.84 Å². The minimum absolute atomic E-state index is 0.124. The SMILES string of the molecule is CCC(OC)C(O)c1cc(C)c(C)cc1C. The molecule has 0 saturated heterocycles. The molecule has 2 nitrogen and oxygen atoms in total. The summed E-state index contributed by atoms with van der Waals surface area (Å²) in [6.07, 6.45) is 0.152. The molecule has 2 heteroatoms. The van der Waals surface area contributed by atoms with E-state index >= 15 is 0 Å². The fourth-order valence-electron chi connectivity index (χ4n) is 2.02. The first-order valence-corrected chi connectivity index (χ1v) is 5.79. The highest BCUT2D eigenvalue weighted by Crippen LogP contribution is 2.26. The maximum Gasteiger partial charge on any atom is 0.105 e. The van der Waals surface area contributed by atoms with Gasteiger partial charge in [0.1, 0.15) is 6.10 Å². The minimum atomic E-state index is -0.533. The second-order valence-electron chi connectivity index (χ2n) is 4.42. The summed E-state index contributed by atoms with van der Waals surface area (Å²) in [6, 6.07) is 4.19. The van der Waals surface area contributed by atoms with Crippen molar-refractivity contribution in [3.63, 3.8) is 0 Å². The Morgan fingerprint density at radius 3 is 2.19 bits per heavy atom. The van der Waals surface area contributed by atoms with Crippen LogP contribution in [0.4, 0.5) is 0 Å². The highest BCUT2D eigenvalue weighted by molar-refractivity contribution is 5.38. The van der Waals surface area contributed by atoms with Crippen LogP contribution >= 0.6 is 0 Å². The second kappa shape index (κ2) is 5.46. The quantitative estimate of drug-likeness (QED) is 0.848. The molecule has 1 aromatic rings. The Morgan fingerprint density at radius 1 is 1.12 bits per heavy atom. The Labute approximate surface area is 98.3 Å². The molecule has 0 fully saturated rings. The van der Waals surface area contributed by atoms with E-state index < -0.39 is 6.10 Å². The van der Waals surface area contributed by atoms with Crippen molar-refractivity contribution in [1.29, 1.82) is 0 Å². The van der Waals surface area contributed by atoms with Gasteiger partial charge in [-0.05, 0) is 49.4 Å². The average Bonchev–Trinajstić information content (AvgIpc) is 2.25. The Balaban J connectivity index is 3.07. The summed E-state index contributed by atoms with van der Waals surface area (Å²) in [7, 11) is 1.65. The average molecular weight is 222 g/mol. The topological polar surface area (TPSA) is 29.5 Å². The van der Waals surface area contributed by atoms with Gasteiger partial charge in [-0.15, -0.1) is 0 Å². The van der Waals surface area contributed by atoms with Crippen LogP contribution in [-0.4, -0.2) is 18.3 Å². The highest BCUT2D eigenvalue weighted by atomic mass is 16.5. The van der Waals surface area contributed by atoms with Crippen LogP contribution in [0.25, 0.3) is 0 Å². The van der Waals surface area contributed by atoms with Gasteiger partial charge in [0, 0.05) is 7.11 Å². The van der Waals surface area contributed by atoms with Crippen LogP contribution in [0.3, 0.4) is 0 Å². The molecule has 0 spiro atoms. The number of rotatable bonds is 4. The molecule has 0 aromatic heterocycles. The zero-order valence-corrected chi connectivity index (χ0v) is 10.9. The van der Waals surface area contributed by atoms with E-state index in [0.717, 1.165) is 17.5 Å². The Hall–Kier alpha value is -0.860. The molecule has 0 heterocycles. The standard InChI is InChI=1S/C14H22O2/c1-6-13(16-5)14(15)12-8-10(3)9(2)7-11(12)4/h7-8,13-15H,6H2,1-5H3. The number of aliphatic hydroxyl groups is 1. The minimum Gasteiger partial charge on any atom is -0.386 e. The third-order valence-electron chi connectivity index (χ3n) is 3.26. The number of hydrogen-bond donors (Lipinski definition) is 1. The lowest BCUT2D eigenvalue weighted by atomic mass is 9.94. The predicted octanol–water partition coefficient (Wildman–Crippen LogP) is 3.07. The highest BCUT2D eigenvalue weighted by Gasteiger charge is 2.20. The molecule has 2 unspecified atom stereocenters. The predicted molar refractivity (Wildman–Crippen MR) is 66.7 cm³/mol. The molecule has 1 aromatic carbocycles. The molecule has 0 amide bonds. The van der Waals surface area contributed by atoms with Crippen LogP contribution in [0.5, 0.6) is 0 Å². The Kier molecular flexibility index (Phi) is 4.51. The summed E-state index contributed by atoms with van der Waals surface area (Å²) >= 11 is 0. The molecule has 2 atom stereocenters. The molecule has 0 radical (unpaired) electrons. The lowest BCUT2D eigenvalue weighted by Crippen LogP contribution is -2.20. The zero-order chi connectivity index (χ0) is 12.3. The lowest BCUT2D eigenvalue weighted by molar-refractivity contribution is -0.0151. The van der Waals surface area contributed by atoms with Gasteiger partial charge in [-0.2, -0.15) is 0 Å². The number of aliphatic hydroxyl groups excluding tert-OH is 1. The molecular weight excluding hydrogens is 200 g/mol. The molecule has 0 aliphatic heterocycles. The van der Waals surface area contributed by atoms with Crippen molar-refractivity contribution in [3.05, 3.63) is 34.4 Å². The van der Waals surface area contributed by atoms with Crippen LogP contribution in [0.15, 0.2) is 12.1 Å². The zero-order valence-electron chi connectivity index (χ0n) is 10.9. The first kappa shape index (κ1) is 13.2. The lowest BCUT2D eigenvalue weighted by Gasteiger charge is -2.23. The molecule has 0 bridgehead atoms. The summed E-state index contributed by atoms with van der Waals surface area (Å²) in [5.74, 6) is 0. The van der Waals surface area contributed by atoms with Gasteiger partial charge in [0.15, 0.2) is 0 Å². The smallest absolute Gasteiger partial charge is 0.105 e. The summed E-state index contributed by atoms with van der Waals surface area (Å²) < 4.78 is 5.29. The van der Waals surface area contributed by atoms with E-state index in [2.05, 4.69) is 26.0 Å². The van der Waals surface area contributed by atoms with Crippen LogP contribution < -0.4 is 0 Å². The normalized spacial score (nSPS) is 14.9. The summed E-state index contributed by atoms with van der Waals surface area (Å²) in [5, 5.41) is 10.3. The van der Waals surface area contributed by atoms with Crippen molar-refractivity contribution >= 4 is 0 Å². The van der Waals surface area contributed by atoms with Gasteiger partial charge in [-0.1, -0.05) is 19.1 Å². The van der Waals surface area contributed by atoms with E-state index in [0.29, 0.717) is 0 Å². The van der Waals surface area contributed by atoms with Gasteiger partial charge < -0.3 is 9.84 Å². The van der Waals surface area contributed by atoms with Gasteiger partial charge in [-0.3, -0.25) is 0 Å². The molecule has 1 rings (SSSR count). The van der Waals surface area contributed by atoms with E-state index in [1.54, 1.807) is 7.11 Å². The maximum absolute atomic E-state index is 10.3. The number of ether oxygens (including phenoxy) is 1. The van der Waals surface area contributed by atoms with E-state index in [1.165, 1.54) is 11.1 Å². The Morgan fingerprint density at radius 2 is 1.69 bits per heavy atom. The molecule has 0 aliphatic rings. The van der Waals surface area contributed by atoms with Crippen LogP contribution in [-0.2, 0) is 4.74 Å². The summed E-state index contributed by atoms with van der Waals surface area (Å²) in [4.78, 5) is 0. The molecule has 16 heavy (non-hydrogen) atoms. The molecular formula is C14H22O2. The van der Waals surface area contributed by atoms with Crippen LogP contribution in [0.1, 0.15) is 41.7 Å². The number of methoxy groups -OCH3 is 1. The van der Waals surface area contributed by atoms with E-state index in [9.17, 15) is 5.11 Å². The van der Waals surface area contributed by atoms with E-state index in [4.69, 9.17) is 4.74 Å². The van der Waals surface area contributed by atoms with Crippen molar-refractivity contribution in [1.82, 2.24) is 0 Å². The monoisotopic (exact) mass is 222 g/mol. The van der Waals surface area contributed by atoms with Gasteiger partial charge in [-0.25, -0.2) is 0 Å². The first-order valence-electron chi connectivity index (χ1n) is 5.79. The van der Waals surface area contributed by atoms with Crippen LogP contribution in [0, 0.1) is 20.8 Å². The third-order valence-corrected chi connectivity index (χ3v) is 3.26. The fraction of sp³-hybridized carbons (Fsp3) is 0.571. The van der Waals surface area contributed by atoms with Gasteiger partial charge in [0.05, 0.1) is 6.10 Å². The third kappa shape index (κ3) is 2.63. The summed E-state index contributed by atoms with van der Waals surface area (Å²) in [5.41, 5.74) is 4.59. The van der Waals surface area contributed by atoms with Gasteiger partial charge in [0.2, 0.25) is 0 Å². The van der Waals surface area contributed by atoms with Crippen LogP contribution in [0.2, 0.25) is 0 Å². The molecule has 0 saturated carbocycles. The molecule has 0 aliphatic carbocycles. The first-order chi connectivity index (χ1) is 7.51. The van der Waals surface area contributed by atoms with E-state index in [1.807, 2.05) is 13.8 Å². The molecule has 90 valence electrons. The van der Waals surface area contributed by atoms with Crippen molar-refractivity contribution in [2.45, 2.75) is 46.3 Å². The summed E-state index contributed by atoms with van der Waals surface area (Å²) in [6.45, 7) is 8.21. The second-order valence-corrected chi connectivity index (χ2v) is 4.42. The fourth-order valence-corrected chi connectivity index (χ4v) is 2.02. The largest absolute Gasteiger partial charge is 0.386 e. The number of aryl methyl sites for hydroxylation is 3. The van der Waals surface area contributed by atoms with Crippen molar-refractivity contribution in [3.8, 4) is 0 Å². The number of benzene rings is 1. The van der Waals surface area contributed by atoms with Crippen molar-refractivity contribution in [2.24, 2.45) is 0 Å². The van der Waals surface area contributed by atoms with Gasteiger partial charge in [0.25, 0.3) is 0 Å². The molecule has 1 N–H and O–H groups in total. The number of hydrogen-bond acceptors (Lipinski definition) is 2. The van der Waals surface area contributed by atoms with Crippen molar-refractivity contribution in [2.75, 3.05) is 7.11 Å². The van der Waals surface area contributed by atoms with E-state index in [-0.39, 0.29) is 6.10 Å². The maximum atomic E-state index is 10.3.